The third kappa shape index (κ3) is 1.63. The number of hydrogen-bond acceptors (Lipinski definition) is 3. The molecule has 0 aromatic rings. The van der Waals surface area contributed by atoms with Gasteiger partial charge in [0.1, 0.15) is 5.60 Å². The lowest BCUT2D eigenvalue weighted by Crippen LogP contribution is -2.42. The van der Waals surface area contributed by atoms with Gasteiger partial charge in [-0.1, -0.05) is 0 Å². The Bertz CT molecular complexity index is 146. The number of hydrogen-bond donors (Lipinski definition) is 1. The molecule has 1 spiro atoms. The Morgan fingerprint density at radius 2 is 2.08 bits per heavy atom. The molecule has 1 saturated heterocycles. The minimum absolute atomic E-state index is 0.143. The summed E-state index contributed by atoms with van der Waals surface area (Å²) in [6.45, 7) is 0.706. The lowest BCUT2D eigenvalue weighted by Gasteiger charge is -2.40. The van der Waals surface area contributed by atoms with Crippen LogP contribution < -0.4 is 0 Å². The van der Waals surface area contributed by atoms with E-state index < -0.39 is 0 Å². The van der Waals surface area contributed by atoms with Crippen molar-refractivity contribution in [3.8, 4) is 0 Å². The third-order valence-corrected chi connectivity index (χ3v) is 2.87. The molecule has 70 valence electrons. The highest BCUT2D eigenvalue weighted by Crippen LogP contribution is 2.37. The molecule has 1 N–H and O–H groups in total. The molecular formula is C9H16O3. The van der Waals surface area contributed by atoms with Crippen molar-refractivity contribution >= 4 is 0 Å². The SMILES string of the molecule is OC1CCCC2(CCCOO2)C1. The van der Waals surface area contributed by atoms with Gasteiger partial charge in [0.2, 0.25) is 0 Å². The Morgan fingerprint density at radius 3 is 2.75 bits per heavy atom. The zero-order valence-electron chi connectivity index (χ0n) is 7.29. The molecule has 3 nitrogen and oxygen atoms in total. The summed E-state index contributed by atoms with van der Waals surface area (Å²) in [7, 11) is 0. The monoisotopic (exact) mass is 172 g/mol. The van der Waals surface area contributed by atoms with Gasteiger partial charge in [0.05, 0.1) is 12.7 Å². The summed E-state index contributed by atoms with van der Waals surface area (Å²) in [6.07, 6.45) is 5.71. The molecule has 2 atom stereocenters. The predicted molar refractivity (Wildman–Crippen MR) is 43.5 cm³/mol. The van der Waals surface area contributed by atoms with Crippen molar-refractivity contribution < 1.29 is 14.9 Å². The number of aliphatic hydroxyl groups is 1. The van der Waals surface area contributed by atoms with E-state index in [2.05, 4.69) is 0 Å². The summed E-state index contributed by atoms with van der Waals surface area (Å²) < 4.78 is 0. The Hall–Kier alpha value is -0.120. The third-order valence-electron chi connectivity index (χ3n) is 2.87. The Balaban J connectivity index is 1.97. The largest absolute Gasteiger partial charge is 0.393 e. The second-order valence-electron chi connectivity index (χ2n) is 3.94. The number of rotatable bonds is 0. The molecule has 2 rings (SSSR count). The van der Waals surface area contributed by atoms with Crippen LogP contribution in [-0.4, -0.2) is 23.4 Å². The Morgan fingerprint density at radius 1 is 1.25 bits per heavy atom. The maximum absolute atomic E-state index is 9.49. The van der Waals surface area contributed by atoms with Crippen LogP contribution in [0, 0.1) is 0 Å². The van der Waals surface area contributed by atoms with Crippen LogP contribution in [0.15, 0.2) is 0 Å². The van der Waals surface area contributed by atoms with Crippen LogP contribution in [0.3, 0.4) is 0 Å². The van der Waals surface area contributed by atoms with Crippen molar-refractivity contribution in [1.82, 2.24) is 0 Å². The molecule has 2 fully saturated rings. The fourth-order valence-electron chi connectivity index (χ4n) is 2.26. The van der Waals surface area contributed by atoms with Crippen molar-refractivity contribution in [3.63, 3.8) is 0 Å². The van der Waals surface area contributed by atoms with Gasteiger partial charge in [-0.3, -0.25) is 0 Å². The highest BCUT2D eigenvalue weighted by molar-refractivity contribution is 4.88. The zero-order chi connectivity index (χ0) is 8.44. The fraction of sp³-hybridized carbons (Fsp3) is 1.00. The van der Waals surface area contributed by atoms with Gasteiger partial charge in [-0.25, -0.2) is 9.78 Å². The molecule has 0 amide bonds. The zero-order valence-corrected chi connectivity index (χ0v) is 7.29. The standard InChI is InChI=1S/C9H16O3/c10-8-3-1-4-9(7-8)5-2-6-11-12-9/h8,10H,1-7H2. The maximum atomic E-state index is 9.49. The number of aliphatic hydroxyl groups excluding tert-OH is 1. The summed E-state index contributed by atoms with van der Waals surface area (Å²) in [6, 6.07) is 0. The molecule has 1 saturated carbocycles. The van der Waals surface area contributed by atoms with Gasteiger partial charge >= 0.3 is 0 Å². The van der Waals surface area contributed by atoms with Crippen molar-refractivity contribution in [1.29, 1.82) is 0 Å². The molecule has 0 radical (unpaired) electrons. The molecule has 0 bridgehead atoms. The first-order valence-electron chi connectivity index (χ1n) is 4.79. The van der Waals surface area contributed by atoms with E-state index in [-0.39, 0.29) is 11.7 Å². The molecule has 2 aliphatic rings. The van der Waals surface area contributed by atoms with Crippen molar-refractivity contribution in [3.05, 3.63) is 0 Å². The quantitative estimate of drug-likeness (QED) is 0.561. The maximum Gasteiger partial charge on any atom is 0.106 e. The molecule has 1 aliphatic heterocycles. The van der Waals surface area contributed by atoms with E-state index in [1.54, 1.807) is 0 Å². The van der Waals surface area contributed by atoms with Gasteiger partial charge in [0.15, 0.2) is 0 Å². The smallest absolute Gasteiger partial charge is 0.106 e. The summed E-state index contributed by atoms with van der Waals surface area (Å²) >= 11 is 0. The molecule has 1 aliphatic carbocycles. The van der Waals surface area contributed by atoms with Gasteiger partial charge in [-0.15, -0.1) is 0 Å². The Labute approximate surface area is 72.6 Å². The topological polar surface area (TPSA) is 38.7 Å². The van der Waals surface area contributed by atoms with Gasteiger partial charge in [0.25, 0.3) is 0 Å². The Kier molecular flexibility index (Phi) is 2.35. The van der Waals surface area contributed by atoms with Crippen LogP contribution in [0.2, 0.25) is 0 Å². The van der Waals surface area contributed by atoms with Crippen molar-refractivity contribution in [2.75, 3.05) is 6.61 Å². The lowest BCUT2D eigenvalue weighted by molar-refractivity contribution is -0.392. The van der Waals surface area contributed by atoms with Gasteiger partial charge in [-0.05, 0) is 32.1 Å². The second kappa shape index (κ2) is 3.32. The second-order valence-corrected chi connectivity index (χ2v) is 3.94. The van der Waals surface area contributed by atoms with E-state index in [9.17, 15) is 5.11 Å². The van der Waals surface area contributed by atoms with E-state index in [1.807, 2.05) is 0 Å². The molecule has 12 heavy (non-hydrogen) atoms. The van der Waals surface area contributed by atoms with Crippen LogP contribution in [0.5, 0.6) is 0 Å². The van der Waals surface area contributed by atoms with Crippen molar-refractivity contribution in [2.24, 2.45) is 0 Å². The molecule has 0 aromatic heterocycles. The molecule has 1 heterocycles. The van der Waals surface area contributed by atoms with Crippen LogP contribution in [0.4, 0.5) is 0 Å². The fourth-order valence-corrected chi connectivity index (χ4v) is 2.26. The van der Waals surface area contributed by atoms with E-state index in [0.717, 1.165) is 38.5 Å². The highest BCUT2D eigenvalue weighted by Gasteiger charge is 2.39. The first-order valence-corrected chi connectivity index (χ1v) is 4.79. The first kappa shape index (κ1) is 8.48. The lowest BCUT2D eigenvalue weighted by atomic mass is 9.80. The normalized spacial score (nSPS) is 43.2. The molecular weight excluding hydrogens is 156 g/mol. The predicted octanol–water partition coefficient (Wildman–Crippen LogP) is 1.40. The summed E-state index contributed by atoms with van der Waals surface area (Å²) in [5, 5.41) is 9.49. The van der Waals surface area contributed by atoms with Crippen LogP contribution in [0.25, 0.3) is 0 Å². The summed E-state index contributed by atoms with van der Waals surface area (Å²) in [4.78, 5) is 10.3. The van der Waals surface area contributed by atoms with Crippen LogP contribution >= 0.6 is 0 Å². The minimum Gasteiger partial charge on any atom is -0.393 e. The highest BCUT2D eigenvalue weighted by atomic mass is 17.2. The van der Waals surface area contributed by atoms with Gasteiger partial charge in [0, 0.05) is 6.42 Å². The molecule has 0 aromatic carbocycles. The van der Waals surface area contributed by atoms with E-state index in [4.69, 9.17) is 9.78 Å². The average Bonchev–Trinajstić information content (AvgIpc) is 2.05. The van der Waals surface area contributed by atoms with E-state index in [0.29, 0.717) is 6.61 Å². The van der Waals surface area contributed by atoms with Crippen LogP contribution in [-0.2, 0) is 9.78 Å². The molecule has 3 heteroatoms. The summed E-state index contributed by atoms with van der Waals surface area (Å²) in [5.41, 5.74) is -0.143. The van der Waals surface area contributed by atoms with Gasteiger partial charge in [-0.2, -0.15) is 0 Å². The van der Waals surface area contributed by atoms with Crippen molar-refractivity contribution in [2.45, 2.75) is 50.2 Å². The molecule has 2 unspecified atom stereocenters. The minimum atomic E-state index is -0.180. The first-order chi connectivity index (χ1) is 5.81. The average molecular weight is 172 g/mol. The van der Waals surface area contributed by atoms with E-state index >= 15 is 0 Å². The van der Waals surface area contributed by atoms with Crippen LogP contribution in [0.1, 0.15) is 38.5 Å². The summed E-state index contributed by atoms with van der Waals surface area (Å²) in [5.74, 6) is 0. The van der Waals surface area contributed by atoms with E-state index in [1.165, 1.54) is 0 Å². The van der Waals surface area contributed by atoms with Gasteiger partial charge < -0.3 is 5.11 Å².